The number of halogens is 1. The molecule has 0 aliphatic rings. The average molecular weight is 1040 g/mol. The number of rotatable bonds is 19. The van der Waals surface area contributed by atoms with E-state index in [1.54, 1.807) is 27.7 Å². The van der Waals surface area contributed by atoms with Crippen molar-refractivity contribution in [2.75, 3.05) is 20.3 Å². The molecule has 15 heteroatoms. The Labute approximate surface area is 442 Å². The van der Waals surface area contributed by atoms with Crippen LogP contribution in [-0.4, -0.2) is 91.9 Å². The van der Waals surface area contributed by atoms with Crippen molar-refractivity contribution >= 4 is 37.2 Å². The van der Waals surface area contributed by atoms with Crippen LogP contribution in [0.3, 0.4) is 0 Å². The molecule has 400 valence electrons. The Bertz CT molecular complexity index is 2500. The van der Waals surface area contributed by atoms with E-state index in [2.05, 4.69) is 104 Å². The molecular formula is C58H85ClN6O7Si. The number of imidazole rings is 2. The normalized spacial score (nSPS) is 12.8. The van der Waals surface area contributed by atoms with Gasteiger partial charge in [-0.3, -0.25) is 0 Å². The summed E-state index contributed by atoms with van der Waals surface area (Å²) in [6.07, 6.45) is 6.10. The van der Waals surface area contributed by atoms with E-state index < -0.39 is 31.2 Å². The third-order valence-electron chi connectivity index (χ3n) is 12.2. The van der Waals surface area contributed by atoms with Crippen LogP contribution in [-0.2, 0) is 46.3 Å². The molecule has 0 aliphatic carbocycles. The Morgan fingerprint density at radius 1 is 0.658 bits per heavy atom. The zero-order chi connectivity index (χ0) is 53.5. The monoisotopic (exact) mass is 1040 g/mol. The molecule has 0 fully saturated rings. The highest BCUT2D eigenvalue weighted by Crippen LogP contribution is 2.37. The number of nitrogens with one attached hydrogen (secondary N) is 1. The lowest BCUT2D eigenvalue weighted by atomic mass is 10.0. The van der Waals surface area contributed by atoms with Gasteiger partial charge in [0.2, 0.25) is 0 Å². The van der Waals surface area contributed by atoms with Crippen molar-refractivity contribution in [2.24, 2.45) is 5.73 Å². The smallest absolute Gasteiger partial charge is 0.407 e. The maximum atomic E-state index is 13.0. The van der Waals surface area contributed by atoms with Crippen LogP contribution in [0.2, 0.25) is 5.04 Å². The Morgan fingerprint density at radius 3 is 1.41 bits per heavy atom. The molecular weight excluding hydrogens is 956 g/mol. The fraction of sp³-hybridized carbons (Fsp3) is 0.466. The summed E-state index contributed by atoms with van der Waals surface area (Å²) < 4.78 is 16.8. The SMILES string of the molecule is CCn1cc(-c2ccc(CC(CCO[Si](c3ccccc3)(c3ccccc3)C(C)(C)C)NC(=O)OC(C)(C)C)cc2)nc1C(C)(C)O.CCn1cc(-c2ccc(CC(N)CCO)cc2)nc1C(C)(C)O.CO.Cl. The molecule has 2 heterocycles. The molecule has 4 aromatic carbocycles. The lowest BCUT2D eigenvalue weighted by Crippen LogP contribution is -2.66. The van der Waals surface area contributed by atoms with E-state index in [-0.39, 0.29) is 36.1 Å². The van der Waals surface area contributed by atoms with Gasteiger partial charge in [-0.1, -0.05) is 130 Å². The van der Waals surface area contributed by atoms with Gasteiger partial charge in [-0.15, -0.1) is 12.4 Å². The first-order valence-electron chi connectivity index (χ1n) is 25.2. The largest absolute Gasteiger partial charge is 0.444 e. The number of aliphatic hydroxyl groups excluding tert-OH is 2. The molecule has 0 spiro atoms. The van der Waals surface area contributed by atoms with E-state index in [9.17, 15) is 15.0 Å². The van der Waals surface area contributed by atoms with E-state index >= 15 is 0 Å². The Balaban J connectivity index is 0.000000453. The van der Waals surface area contributed by atoms with Gasteiger partial charge < -0.3 is 49.8 Å². The molecule has 7 N–H and O–H groups in total. The van der Waals surface area contributed by atoms with Gasteiger partial charge in [-0.05, 0) is 115 Å². The van der Waals surface area contributed by atoms with Crippen molar-refractivity contribution in [1.29, 1.82) is 0 Å². The minimum absolute atomic E-state index is 0. The summed E-state index contributed by atoms with van der Waals surface area (Å²) in [5, 5.41) is 42.2. The molecule has 2 aromatic heterocycles. The zero-order valence-corrected chi connectivity index (χ0v) is 47.5. The van der Waals surface area contributed by atoms with Crippen molar-refractivity contribution in [1.82, 2.24) is 24.4 Å². The molecule has 0 bridgehead atoms. The van der Waals surface area contributed by atoms with Crippen LogP contribution in [0.5, 0.6) is 0 Å². The molecule has 0 saturated carbocycles. The maximum Gasteiger partial charge on any atom is 0.407 e. The van der Waals surface area contributed by atoms with Crippen LogP contribution in [0.25, 0.3) is 22.5 Å². The van der Waals surface area contributed by atoms with Gasteiger partial charge in [-0.25, -0.2) is 14.8 Å². The number of ether oxygens (including phenoxy) is 1. The predicted octanol–water partition coefficient (Wildman–Crippen LogP) is 9.28. The summed E-state index contributed by atoms with van der Waals surface area (Å²) in [5.41, 5.74) is 9.23. The first-order valence-corrected chi connectivity index (χ1v) is 27.1. The topological polar surface area (TPSA) is 190 Å². The highest BCUT2D eigenvalue weighted by molar-refractivity contribution is 6.99. The van der Waals surface area contributed by atoms with Crippen LogP contribution in [0.15, 0.2) is 122 Å². The first kappa shape index (κ1) is 62.1. The van der Waals surface area contributed by atoms with Crippen molar-refractivity contribution in [3.05, 3.63) is 144 Å². The highest BCUT2D eigenvalue weighted by Gasteiger charge is 2.50. The number of hydrogen-bond donors (Lipinski definition) is 6. The van der Waals surface area contributed by atoms with Crippen LogP contribution < -0.4 is 21.4 Å². The summed E-state index contributed by atoms with van der Waals surface area (Å²) in [5.74, 6) is 1.31. The number of carbonyl (C=O) groups excluding carboxylic acids is 1. The second-order valence-electron chi connectivity index (χ2n) is 21.3. The van der Waals surface area contributed by atoms with Crippen molar-refractivity contribution < 1.29 is 34.4 Å². The van der Waals surface area contributed by atoms with Gasteiger partial charge in [0.1, 0.15) is 28.5 Å². The van der Waals surface area contributed by atoms with E-state index in [1.165, 1.54) is 10.4 Å². The lowest BCUT2D eigenvalue weighted by Gasteiger charge is -2.43. The number of benzene rings is 4. The summed E-state index contributed by atoms with van der Waals surface area (Å²) in [4.78, 5) is 22.4. The quantitative estimate of drug-likeness (QED) is 0.0427. The van der Waals surface area contributed by atoms with Crippen LogP contribution in [0.1, 0.15) is 119 Å². The number of aryl methyl sites for hydroxylation is 2. The summed E-state index contributed by atoms with van der Waals surface area (Å²) in [6.45, 7) is 25.6. The molecule has 2 unspecified atom stereocenters. The minimum atomic E-state index is -2.72. The van der Waals surface area contributed by atoms with Gasteiger partial charge >= 0.3 is 6.09 Å². The summed E-state index contributed by atoms with van der Waals surface area (Å²) in [7, 11) is -1.72. The van der Waals surface area contributed by atoms with E-state index in [0.717, 1.165) is 60.3 Å². The summed E-state index contributed by atoms with van der Waals surface area (Å²) >= 11 is 0. The molecule has 0 saturated heterocycles. The lowest BCUT2D eigenvalue weighted by molar-refractivity contribution is 0.0497. The maximum absolute atomic E-state index is 13.0. The molecule has 1 amide bonds. The van der Waals surface area contributed by atoms with Crippen molar-refractivity contribution in [2.45, 2.75) is 156 Å². The molecule has 73 heavy (non-hydrogen) atoms. The van der Waals surface area contributed by atoms with Gasteiger partial charge in [0, 0.05) is 69.0 Å². The van der Waals surface area contributed by atoms with Crippen molar-refractivity contribution in [3.8, 4) is 22.5 Å². The number of aromatic nitrogens is 4. The summed E-state index contributed by atoms with van der Waals surface area (Å²) in [6, 6.07) is 37.4. The Morgan fingerprint density at radius 2 is 1.07 bits per heavy atom. The zero-order valence-electron chi connectivity index (χ0n) is 45.6. The second kappa shape index (κ2) is 27.4. The first-order chi connectivity index (χ1) is 33.9. The fourth-order valence-electron chi connectivity index (χ4n) is 8.86. The number of nitrogens with zero attached hydrogens (tertiary/aromatic N) is 4. The van der Waals surface area contributed by atoms with Crippen LogP contribution in [0, 0.1) is 0 Å². The molecule has 0 aliphatic heterocycles. The van der Waals surface area contributed by atoms with Gasteiger partial charge in [-0.2, -0.15) is 0 Å². The number of amides is 1. The van der Waals surface area contributed by atoms with Gasteiger partial charge in [0.05, 0.1) is 11.4 Å². The van der Waals surface area contributed by atoms with E-state index in [0.29, 0.717) is 37.5 Å². The Hall–Kier alpha value is -5.16. The number of aliphatic hydroxyl groups is 4. The third-order valence-corrected chi connectivity index (χ3v) is 17.3. The number of carbonyl (C=O) groups is 1. The van der Waals surface area contributed by atoms with Crippen LogP contribution in [0.4, 0.5) is 4.79 Å². The number of alkyl carbamates (subject to hydrolysis) is 1. The fourth-order valence-corrected chi connectivity index (χ4v) is 13.4. The molecule has 0 radical (unpaired) electrons. The van der Waals surface area contributed by atoms with E-state index in [1.807, 2.05) is 92.5 Å². The number of nitrogens with two attached hydrogens (primary N) is 1. The predicted molar refractivity (Wildman–Crippen MR) is 301 cm³/mol. The minimum Gasteiger partial charge on any atom is -0.444 e. The Kier molecular flexibility index (Phi) is 23.3. The average Bonchev–Trinajstić information content (AvgIpc) is 3.98. The molecule has 13 nitrogen and oxygen atoms in total. The van der Waals surface area contributed by atoms with Gasteiger partial charge in [0.25, 0.3) is 8.32 Å². The third kappa shape index (κ3) is 17.5. The highest BCUT2D eigenvalue weighted by atomic mass is 35.5. The van der Waals surface area contributed by atoms with E-state index in [4.69, 9.17) is 30.1 Å². The standard InChI is InChI=1S/C39H53N3O4Si.C18H27N3O2.CH4O.ClH/c1-10-42-28-34(41-35(42)39(8,9)44)30-23-21-29(22-24-30)27-31(40-36(43)46-37(2,3)4)25-26-45-47(38(5,6)7,32-17-13-11-14-18-32)33-19-15-12-16-20-33;1-4-21-12-16(20-17(21)18(2,3)23)14-7-5-13(6-8-14)11-15(19)9-10-22;1-2;/h11-24,28,31,44H,10,25-27H2,1-9H3,(H,40,43);5-8,12,15,22-23H,4,9-11,19H2,1-3H3;2H,1H3;1H. The number of hydrogen-bond acceptors (Lipinski definition) is 10. The molecule has 6 rings (SSSR count). The second-order valence-corrected chi connectivity index (χ2v) is 25.6. The molecule has 2 atom stereocenters. The van der Waals surface area contributed by atoms with Crippen molar-refractivity contribution in [3.63, 3.8) is 0 Å². The van der Waals surface area contributed by atoms with Gasteiger partial charge in [0.15, 0.2) is 0 Å². The van der Waals surface area contributed by atoms with Crippen LogP contribution >= 0.6 is 12.4 Å². The molecule has 6 aromatic rings.